The number of ether oxygens (including phenoxy) is 3. The highest BCUT2D eigenvalue weighted by molar-refractivity contribution is 5.28. The highest BCUT2D eigenvalue weighted by atomic mass is 16.5. The minimum Gasteiger partial charge on any atom is -0.384 e. The van der Waals surface area contributed by atoms with Crippen molar-refractivity contribution < 1.29 is 14.2 Å². The summed E-state index contributed by atoms with van der Waals surface area (Å²) in [7, 11) is 1.66. The maximum Gasteiger partial charge on any atom is 0.123 e. The fraction of sp³-hybridized carbons (Fsp3) is 0.583. The van der Waals surface area contributed by atoms with Crippen molar-refractivity contribution in [3.8, 4) is 0 Å². The topological polar surface area (TPSA) is 66.6 Å². The van der Waals surface area contributed by atoms with Crippen LogP contribution in [0.5, 0.6) is 0 Å². The number of aromatic nitrogens is 1. The quantitative estimate of drug-likeness (QED) is 0.658. The lowest BCUT2D eigenvalue weighted by atomic mass is 10.3. The van der Waals surface area contributed by atoms with E-state index in [1.807, 2.05) is 6.07 Å². The zero-order valence-corrected chi connectivity index (χ0v) is 10.2. The van der Waals surface area contributed by atoms with E-state index in [1.165, 1.54) is 0 Å². The standard InChI is InChI=1S/C12H20N2O3/c1-15-7-8-16-5-2-6-17-10-11-3-4-12(13)14-9-11/h3-4,9H,2,5-8,10H2,1H3,(H2,13,14). The molecule has 2 N–H and O–H groups in total. The molecular weight excluding hydrogens is 220 g/mol. The van der Waals surface area contributed by atoms with E-state index in [1.54, 1.807) is 19.4 Å². The molecule has 0 saturated carbocycles. The first kappa shape index (κ1) is 13.9. The Morgan fingerprint density at radius 2 is 1.94 bits per heavy atom. The van der Waals surface area contributed by atoms with Gasteiger partial charge in [0, 0.05) is 26.5 Å². The predicted molar refractivity (Wildman–Crippen MR) is 65.6 cm³/mol. The normalized spacial score (nSPS) is 10.6. The van der Waals surface area contributed by atoms with Gasteiger partial charge in [-0.2, -0.15) is 0 Å². The predicted octanol–water partition coefficient (Wildman–Crippen LogP) is 1.23. The molecule has 1 aromatic heterocycles. The highest BCUT2D eigenvalue weighted by Crippen LogP contribution is 2.02. The molecule has 1 heterocycles. The van der Waals surface area contributed by atoms with Crippen LogP contribution in [0.1, 0.15) is 12.0 Å². The van der Waals surface area contributed by atoms with Gasteiger partial charge in [-0.25, -0.2) is 4.98 Å². The van der Waals surface area contributed by atoms with Crippen LogP contribution < -0.4 is 5.73 Å². The molecule has 0 radical (unpaired) electrons. The molecule has 0 amide bonds. The van der Waals surface area contributed by atoms with Gasteiger partial charge in [0.05, 0.1) is 19.8 Å². The van der Waals surface area contributed by atoms with Crippen molar-refractivity contribution in [3.05, 3.63) is 23.9 Å². The van der Waals surface area contributed by atoms with Gasteiger partial charge < -0.3 is 19.9 Å². The summed E-state index contributed by atoms with van der Waals surface area (Å²) in [6.45, 7) is 3.21. The number of nitrogen functional groups attached to an aromatic ring is 1. The Kier molecular flexibility index (Phi) is 7.29. The van der Waals surface area contributed by atoms with Crippen LogP contribution in [-0.4, -0.2) is 38.5 Å². The van der Waals surface area contributed by atoms with Crippen LogP contribution in [0.2, 0.25) is 0 Å². The average molecular weight is 240 g/mol. The van der Waals surface area contributed by atoms with Gasteiger partial charge in [-0.1, -0.05) is 6.07 Å². The minimum atomic E-state index is 0.528. The van der Waals surface area contributed by atoms with Crippen molar-refractivity contribution in [2.24, 2.45) is 0 Å². The van der Waals surface area contributed by atoms with Crippen LogP contribution >= 0.6 is 0 Å². The Bertz CT molecular complexity index is 290. The van der Waals surface area contributed by atoms with E-state index in [0.29, 0.717) is 38.9 Å². The molecule has 17 heavy (non-hydrogen) atoms. The Labute approximate surface area is 102 Å². The Morgan fingerprint density at radius 3 is 2.65 bits per heavy atom. The molecular formula is C12H20N2O3. The zero-order chi connectivity index (χ0) is 12.3. The summed E-state index contributed by atoms with van der Waals surface area (Å²) >= 11 is 0. The maximum absolute atomic E-state index is 5.48. The molecule has 0 fully saturated rings. The number of nitrogens with zero attached hydrogens (tertiary/aromatic N) is 1. The van der Waals surface area contributed by atoms with Gasteiger partial charge in [0.15, 0.2) is 0 Å². The van der Waals surface area contributed by atoms with Crippen LogP contribution in [0, 0.1) is 0 Å². The summed E-state index contributed by atoms with van der Waals surface area (Å²) in [6, 6.07) is 3.68. The van der Waals surface area contributed by atoms with E-state index in [0.717, 1.165) is 12.0 Å². The number of anilines is 1. The van der Waals surface area contributed by atoms with Crippen LogP contribution in [0.3, 0.4) is 0 Å². The van der Waals surface area contributed by atoms with Crippen LogP contribution in [-0.2, 0) is 20.8 Å². The number of rotatable bonds is 9. The first-order valence-corrected chi connectivity index (χ1v) is 5.68. The number of hydrogen-bond donors (Lipinski definition) is 1. The van der Waals surface area contributed by atoms with E-state index < -0.39 is 0 Å². The maximum atomic E-state index is 5.48. The van der Waals surface area contributed by atoms with E-state index in [-0.39, 0.29) is 0 Å². The van der Waals surface area contributed by atoms with Crippen molar-refractivity contribution in [1.29, 1.82) is 0 Å². The third kappa shape index (κ3) is 6.88. The summed E-state index contributed by atoms with van der Waals surface area (Å²) < 4.78 is 15.6. The number of methoxy groups -OCH3 is 1. The molecule has 5 heteroatoms. The van der Waals surface area contributed by atoms with Crippen LogP contribution in [0.4, 0.5) is 5.82 Å². The van der Waals surface area contributed by atoms with Crippen molar-refractivity contribution in [2.45, 2.75) is 13.0 Å². The van der Waals surface area contributed by atoms with E-state index in [2.05, 4.69) is 4.98 Å². The fourth-order valence-electron chi connectivity index (χ4n) is 1.22. The van der Waals surface area contributed by atoms with Crippen molar-refractivity contribution >= 4 is 5.82 Å². The molecule has 0 aliphatic heterocycles. The lowest BCUT2D eigenvalue weighted by Gasteiger charge is -2.05. The third-order valence-electron chi connectivity index (χ3n) is 2.13. The molecule has 0 aromatic carbocycles. The lowest BCUT2D eigenvalue weighted by molar-refractivity contribution is 0.0483. The van der Waals surface area contributed by atoms with Crippen molar-refractivity contribution in [1.82, 2.24) is 4.98 Å². The first-order valence-electron chi connectivity index (χ1n) is 5.68. The number of hydrogen-bond acceptors (Lipinski definition) is 5. The highest BCUT2D eigenvalue weighted by Gasteiger charge is 1.94. The second-order valence-corrected chi connectivity index (χ2v) is 3.60. The zero-order valence-electron chi connectivity index (χ0n) is 10.2. The van der Waals surface area contributed by atoms with E-state index in [4.69, 9.17) is 19.9 Å². The third-order valence-corrected chi connectivity index (χ3v) is 2.13. The van der Waals surface area contributed by atoms with Gasteiger partial charge in [0.25, 0.3) is 0 Å². The van der Waals surface area contributed by atoms with Crippen molar-refractivity contribution in [3.63, 3.8) is 0 Å². The van der Waals surface area contributed by atoms with Crippen molar-refractivity contribution in [2.75, 3.05) is 39.3 Å². The average Bonchev–Trinajstić information content (AvgIpc) is 2.35. The summed E-state index contributed by atoms with van der Waals surface area (Å²) in [5, 5.41) is 0. The molecule has 0 spiro atoms. The molecule has 1 aromatic rings. The largest absolute Gasteiger partial charge is 0.384 e. The molecule has 0 aliphatic rings. The molecule has 5 nitrogen and oxygen atoms in total. The molecule has 0 bridgehead atoms. The SMILES string of the molecule is COCCOCCCOCc1ccc(N)nc1. The monoisotopic (exact) mass is 240 g/mol. The lowest BCUT2D eigenvalue weighted by Crippen LogP contribution is -2.05. The summed E-state index contributed by atoms with van der Waals surface area (Å²) in [5.41, 5.74) is 6.51. The second-order valence-electron chi connectivity index (χ2n) is 3.60. The molecule has 1 rings (SSSR count). The van der Waals surface area contributed by atoms with Gasteiger partial charge in [0.2, 0.25) is 0 Å². The van der Waals surface area contributed by atoms with Gasteiger partial charge in [-0.3, -0.25) is 0 Å². The Morgan fingerprint density at radius 1 is 1.12 bits per heavy atom. The van der Waals surface area contributed by atoms with Gasteiger partial charge in [0.1, 0.15) is 5.82 Å². The summed E-state index contributed by atoms with van der Waals surface area (Å²) in [5.74, 6) is 0.528. The summed E-state index contributed by atoms with van der Waals surface area (Å²) in [4.78, 5) is 3.99. The number of nitrogens with two attached hydrogens (primary N) is 1. The van der Waals surface area contributed by atoms with E-state index >= 15 is 0 Å². The molecule has 0 saturated heterocycles. The van der Waals surface area contributed by atoms with Crippen LogP contribution in [0.15, 0.2) is 18.3 Å². The number of pyridine rings is 1. The van der Waals surface area contributed by atoms with Gasteiger partial charge >= 0.3 is 0 Å². The smallest absolute Gasteiger partial charge is 0.123 e. The van der Waals surface area contributed by atoms with Crippen LogP contribution in [0.25, 0.3) is 0 Å². The Balaban J connectivity index is 1.95. The molecule has 0 aliphatic carbocycles. The fourth-order valence-corrected chi connectivity index (χ4v) is 1.22. The molecule has 0 unspecified atom stereocenters. The van der Waals surface area contributed by atoms with Gasteiger partial charge in [-0.05, 0) is 18.1 Å². The molecule has 0 atom stereocenters. The first-order chi connectivity index (χ1) is 8.33. The summed E-state index contributed by atoms with van der Waals surface area (Å²) in [6.07, 6.45) is 2.61. The Hall–Kier alpha value is -1.17. The minimum absolute atomic E-state index is 0.528. The van der Waals surface area contributed by atoms with E-state index in [9.17, 15) is 0 Å². The molecule has 96 valence electrons. The van der Waals surface area contributed by atoms with Gasteiger partial charge in [-0.15, -0.1) is 0 Å². The second kappa shape index (κ2) is 8.92.